The molecule has 9 nitrogen and oxygen atoms in total. The van der Waals surface area contributed by atoms with Gasteiger partial charge in [-0.25, -0.2) is 19.9 Å². The molecule has 15 heteroatoms. The minimum absolute atomic E-state index is 0.207. The minimum Gasteiger partial charge on any atom is -0.353 e. The molecule has 2 saturated heterocycles. The van der Waals surface area contributed by atoms with Gasteiger partial charge in [0.15, 0.2) is 12.6 Å². The Kier molecular flexibility index (Phi) is 9.80. The van der Waals surface area contributed by atoms with Crippen molar-refractivity contribution in [1.29, 1.82) is 0 Å². The first-order chi connectivity index (χ1) is 22.6. The Morgan fingerprint density at radius 2 is 1.00 bits per heavy atom. The molecule has 0 aliphatic carbocycles. The highest BCUT2D eigenvalue weighted by Gasteiger charge is 2.39. The molecular weight excluding hydrogens is 634 g/mol. The molecule has 2 aliphatic heterocycles. The van der Waals surface area contributed by atoms with Gasteiger partial charge >= 0.3 is 12.4 Å². The van der Waals surface area contributed by atoms with E-state index in [0.717, 1.165) is 12.1 Å². The number of benzene rings is 2. The van der Waals surface area contributed by atoms with Gasteiger partial charge in [-0.1, -0.05) is 12.1 Å². The van der Waals surface area contributed by atoms with Gasteiger partial charge in [-0.05, 0) is 60.4 Å². The fourth-order valence-electron chi connectivity index (χ4n) is 5.42. The SMILES string of the molecule is FC(F)(F)c1ccc(C(OC(c2ccc(C(F)(F)F)c(C3OCCCO3)c2)c2ccncn2)c2ccncn2)cc1C1OCCCO1. The van der Waals surface area contributed by atoms with Gasteiger partial charge in [-0.3, -0.25) is 0 Å². The van der Waals surface area contributed by atoms with Gasteiger partial charge in [0, 0.05) is 23.5 Å². The van der Waals surface area contributed by atoms with Crippen molar-refractivity contribution in [3.05, 3.63) is 118 Å². The van der Waals surface area contributed by atoms with E-state index in [4.69, 9.17) is 23.7 Å². The summed E-state index contributed by atoms with van der Waals surface area (Å²) in [5.41, 5.74) is -1.37. The summed E-state index contributed by atoms with van der Waals surface area (Å²) >= 11 is 0. The van der Waals surface area contributed by atoms with Crippen molar-refractivity contribution in [1.82, 2.24) is 19.9 Å². The fourth-order valence-corrected chi connectivity index (χ4v) is 5.42. The number of nitrogens with zero attached hydrogens (tertiary/aromatic N) is 4. The lowest BCUT2D eigenvalue weighted by molar-refractivity contribution is -0.189. The maximum absolute atomic E-state index is 14.1. The van der Waals surface area contributed by atoms with Crippen LogP contribution in [0.4, 0.5) is 26.3 Å². The second-order valence-corrected chi connectivity index (χ2v) is 10.7. The van der Waals surface area contributed by atoms with Crippen LogP contribution in [0.5, 0.6) is 0 Å². The zero-order valence-corrected chi connectivity index (χ0v) is 24.6. The molecule has 0 N–H and O–H groups in total. The van der Waals surface area contributed by atoms with Gasteiger partial charge in [0.2, 0.25) is 0 Å². The summed E-state index contributed by atoms with van der Waals surface area (Å²) in [6, 6.07) is 9.94. The van der Waals surface area contributed by atoms with Crippen LogP contribution in [0.2, 0.25) is 0 Å². The van der Waals surface area contributed by atoms with E-state index in [0.29, 0.717) is 12.8 Å². The average molecular weight is 663 g/mol. The third-order valence-corrected chi connectivity index (χ3v) is 7.55. The maximum Gasteiger partial charge on any atom is 0.416 e. The van der Waals surface area contributed by atoms with Crippen molar-refractivity contribution in [2.45, 2.75) is 50.0 Å². The summed E-state index contributed by atoms with van der Waals surface area (Å²) in [5.74, 6) is 0. The van der Waals surface area contributed by atoms with Crippen LogP contribution >= 0.6 is 0 Å². The Balaban J connectivity index is 1.48. The highest BCUT2D eigenvalue weighted by molar-refractivity contribution is 5.41. The fraction of sp³-hybridized carbons (Fsp3) is 0.375. The Bertz CT molecular complexity index is 1510. The first kappa shape index (κ1) is 32.9. The highest BCUT2D eigenvalue weighted by atomic mass is 19.4. The molecule has 4 heterocycles. The average Bonchev–Trinajstić information content (AvgIpc) is 3.09. The molecule has 47 heavy (non-hydrogen) atoms. The van der Waals surface area contributed by atoms with E-state index in [-0.39, 0.29) is 60.1 Å². The van der Waals surface area contributed by atoms with Crippen LogP contribution in [-0.2, 0) is 36.0 Å². The predicted octanol–water partition coefficient (Wildman–Crippen LogP) is 7.07. The summed E-state index contributed by atoms with van der Waals surface area (Å²) in [6.07, 6.45) is -7.89. The third kappa shape index (κ3) is 7.60. The summed E-state index contributed by atoms with van der Waals surface area (Å²) in [4.78, 5) is 16.5. The molecular formula is C32H28F6N4O5. The number of ether oxygens (including phenoxy) is 5. The first-order valence-electron chi connectivity index (χ1n) is 14.7. The predicted molar refractivity (Wildman–Crippen MR) is 150 cm³/mol. The molecule has 0 saturated carbocycles. The highest BCUT2D eigenvalue weighted by Crippen LogP contribution is 2.43. The van der Waals surface area contributed by atoms with Gasteiger partial charge in [-0.15, -0.1) is 0 Å². The van der Waals surface area contributed by atoms with Gasteiger partial charge in [-0.2, -0.15) is 26.3 Å². The molecule has 2 unspecified atom stereocenters. The molecule has 2 atom stereocenters. The lowest BCUT2D eigenvalue weighted by atomic mass is 9.96. The van der Waals surface area contributed by atoms with Crippen LogP contribution in [0.1, 0.15) is 82.4 Å². The minimum atomic E-state index is -4.72. The zero-order chi connectivity index (χ0) is 33.0. The Morgan fingerprint density at radius 3 is 1.34 bits per heavy atom. The Morgan fingerprint density at radius 1 is 0.596 bits per heavy atom. The molecule has 0 bridgehead atoms. The Labute approximate surface area is 264 Å². The number of alkyl halides is 6. The molecule has 2 aromatic heterocycles. The number of hydrogen-bond acceptors (Lipinski definition) is 9. The van der Waals surface area contributed by atoms with Crippen molar-refractivity contribution < 1.29 is 50.0 Å². The van der Waals surface area contributed by atoms with Crippen LogP contribution < -0.4 is 0 Å². The Hall–Kier alpha value is -4.02. The van der Waals surface area contributed by atoms with Crippen LogP contribution in [-0.4, -0.2) is 46.4 Å². The van der Waals surface area contributed by atoms with Crippen molar-refractivity contribution in [3.63, 3.8) is 0 Å². The summed E-state index contributed by atoms with van der Waals surface area (Å²) in [6.45, 7) is 0.827. The quantitative estimate of drug-likeness (QED) is 0.184. The molecule has 0 spiro atoms. The summed E-state index contributed by atoms with van der Waals surface area (Å²) in [5, 5.41) is 0. The van der Waals surface area contributed by atoms with Gasteiger partial charge < -0.3 is 23.7 Å². The smallest absolute Gasteiger partial charge is 0.353 e. The molecule has 2 aliphatic rings. The molecule has 4 aromatic rings. The molecule has 6 rings (SSSR count). The van der Waals surface area contributed by atoms with Gasteiger partial charge in [0.1, 0.15) is 24.9 Å². The second kappa shape index (κ2) is 14.0. The van der Waals surface area contributed by atoms with Crippen LogP contribution in [0.25, 0.3) is 0 Å². The first-order valence-corrected chi connectivity index (χ1v) is 14.7. The normalized spacial score (nSPS) is 18.2. The largest absolute Gasteiger partial charge is 0.416 e. The molecule has 0 radical (unpaired) electrons. The van der Waals surface area contributed by atoms with E-state index >= 15 is 0 Å². The summed E-state index contributed by atoms with van der Waals surface area (Å²) in [7, 11) is 0. The van der Waals surface area contributed by atoms with E-state index in [1.165, 1.54) is 61.4 Å². The van der Waals surface area contributed by atoms with Crippen molar-refractivity contribution in [2.75, 3.05) is 26.4 Å². The van der Waals surface area contributed by atoms with Crippen molar-refractivity contribution >= 4 is 0 Å². The monoisotopic (exact) mass is 662 g/mol. The lowest BCUT2D eigenvalue weighted by Crippen LogP contribution is -2.23. The maximum atomic E-state index is 14.1. The van der Waals surface area contributed by atoms with E-state index in [1.54, 1.807) is 0 Å². The molecule has 0 amide bonds. The van der Waals surface area contributed by atoms with Gasteiger partial charge in [0.25, 0.3) is 0 Å². The van der Waals surface area contributed by atoms with E-state index < -0.39 is 48.3 Å². The standard InChI is InChI=1S/C32H28F6N4O5/c33-31(34,35)23-5-3-19(15-21(23)29-43-11-1-12-44-29)27(25-7-9-39-17-41-25)47-28(26-8-10-40-18-42-26)20-4-6-24(32(36,37)38)22(16-20)30-45-13-2-14-46-30/h3-10,15-18,27-30H,1-2,11-14H2. The topological polar surface area (TPSA) is 97.7 Å². The second-order valence-electron chi connectivity index (χ2n) is 10.7. The third-order valence-electron chi connectivity index (χ3n) is 7.55. The summed E-state index contributed by atoms with van der Waals surface area (Å²) < 4.78 is 114. The number of aromatic nitrogens is 4. The van der Waals surface area contributed by atoms with E-state index in [2.05, 4.69) is 19.9 Å². The van der Waals surface area contributed by atoms with Crippen molar-refractivity contribution in [2.24, 2.45) is 0 Å². The van der Waals surface area contributed by atoms with Gasteiger partial charge in [0.05, 0.1) is 48.9 Å². The van der Waals surface area contributed by atoms with Crippen LogP contribution in [0.15, 0.2) is 73.6 Å². The van der Waals surface area contributed by atoms with Crippen molar-refractivity contribution in [3.8, 4) is 0 Å². The number of rotatable bonds is 8. The van der Waals surface area contributed by atoms with E-state index in [9.17, 15) is 26.3 Å². The van der Waals surface area contributed by atoms with Crippen LogP contribution in [0.3, 0.4) is 0 Å². The lowest BCUT2D eigenvalue weighted by Gasteiger charge is -2.30. The molecule has 2 fully saturated rings. The number of halogens is 6. The van der Waals surface area contributed by atoms with Crippen LogP contribution in [0, 0.1) is 0 Å². The molecule has 2 aromatic carbocycles. The number of hydrogen-bond donors (Lipinski definition) is 0. The zero-order valence-electron chi connectivity index (χ0n) is 24.6. The molecule has 248 valence electrons. The van der Waals surface area contributed by atoms with E-state index in [1.807, 2.05) is 0 Å².